The Labute approximate surface area is 211 Å². The lowest BCUT2D eigenvalue weighted by molar-refractivity contribution is -0.323. The Morgan fingerprint density at radius 1 is 0.889 bits per heavy atom. The maximum Gasteiger partial charge on any atom is 0.184 e. The molecule has 0 spiro atoms. The molecule has 2 N–H and O–H groups in total. The SMILES string of the molecule is COc1ccc(CO[C@H]2C[C@@H](O)[C@H](O[C@@H]3C[C@@H](O)[C@@H](O[C@H]4C=CC(=O)[C@H](C)O4)[C@@H](C)O3)[C@@H](C)O2)cc1. The maximum absolute atomic E-state index is 11.6. The number of hydrogen-bond acceptors (Lipinski definition) is 10. The van der Waals surface area contributed by atoms with E-state index < -0.39 is 61.6 Å². The molecule has 0 bridgehead atoms. The average Bonchev–Trinajstić information content (AvgIpc) is 2.85. The van der Waals surface area contributed by atoms with E-state index in [2.05, 4.69) is 0 Å². The van der Waals surface area contributed by atoms with Gasteiger partial charge in [-0.05, 0) is 50.6 Å². The quantitative estimate of drug-likeness (QED) is 0.538. The van der Waals surface area contributed by atoms with Gasteiger partial charge in [0.2, 0.25) is 0 Å². The van der Waals surface area contributed by atoms with E-state index in [0.29, 0.717) is 6.61 Å². The van der Waals surface area contributed by atoms with Crippen LogP contribution in [0.5, 0.6) is 5.75 Å². The van der Waals surface area contributed by atoms with Crippen molar-refractivity contribution in [3.8, 4) is 5.75 Å². The lowest BCUT2D eigenvalue weighted by Crippen LogP contribution is -2.55. The molecule has 0 unspecified atom stereocenters. The molecule has 0 aliphatic carbocycles. The van der Waals surface area contributed by atoms with Crippen LogP contribution in [-0.4, -0.2) is 84.7 Å². The normalized spacial score (nSPS) is 39.2. The van der Waals surface area contributed by atoms with Gasteiger partial charge in [0.15, 0.2) is 24.7 Å². The van der Waals surface area contributed by atoms with Crippen LogP contribution in [0.25, 0.3) is 0 Å². The van der Waals surface area contributed by atoms with Crippen molar-refractivity contribution >= 4 is 5.78 Å². The first kappa shape index (κ1) is 27.2. The first-order valence-corrected chi connectivity index (χ1v) is 12.3. The summed E-state index contributed by atoms with van der Waals surface area (Å²) in [6.07, 6.45) is -3.36. The second-order valence-electron chi connectivity index (χ2n) is 9.42. The topological polar surface area (TPSA) is 122 Å². The molecular weight excluding hydrogens is 472 g/mol. The zero-order valence-electron chi connectivity index (χ0n) is 21.0. The lowest BCUT2D eigenvalue weighted by Gasteiger charge is -2.43. The Balaban J connectivity index is 1.25. The Hall–Kier alpha value is -1.89. The summed E-state index contributed by atoms with van der Waals surface area (Å²) >= 11 is 0. The third-order valence-corrected chi connectivity index (χ3v) is 6.64. The van der Waals surface area contributed by atoms with Crippen molar-refractivity contribution in [3.05, 3.63) is 42.0 Å². The van der Waals surface area contributed by atoms with Crippen LogP contribution in [0, 0.1) is 0 Å². The second kappa shape index (κ2) is 12.1. The number of carbonyl (C=O) groups is 1. The van der Waals surface area contributed by atoms with Crippen molar-refractivity contribution in [3.63, 3.8) is 0 Å². The fourth-order valence-corrected chi connectivity index (χ4v) is 4.57. The number of hydrogen-bond donors (Lipinski definition) is 2. The number of ether oxygens (including phenoxy) is 7. The highest BCUT2D eigenvalue weighted by atomic mass is 16.7. The van der Waals surface area contributed by atoms with Crippen LogP contribution in [0.3, 0.4) is 0 Å². The van der Waals surface area contributed by atoms with Crippen molar-refractivity contribution in [2.45, 2.75) is 102 Å². The van der Waals surface area contributed by atoms with E-state index in [1.54, 1.807) is 27.9 Å². The van der Waals surface area contributed by atoms with Gasteiger partial charge in [-0.25, -0.2) is 0 Å². The summed E-state index contributed by atoms with van der Waals surface area (Å²) in [6.45, 7) is 5.56. The number of benzene rings is 1. The van der Waals surface area contributed by atoms with Gasteiger partial charge in [-0.1, -0.05) is 12.1 Å². The average molecular weight is 509 g/mol. The van der Waals surface area contributed by atoms with Crippen molar-refractivity contribution in [2.75, 3.05) is 7.11 Å². The minimum Gasteiger partial charge on any atom is -0.497 e. The zero-order chi connectivity index (χ0) is 25.8. The number of methoxy groups -OCH3 is 1. The van der Waals surface area contributed by atoms with Crippen LogP contribution < -0.4 is 4.74 Å². The van der Waals surface area contributed by atoms with Crippen LogP contribution in [-0.2, 0) is 39.8 Å². The highest BCUT2D eigenvalue weighted by molar-refractivity contribution is 5.93. The number of ketones is 1. The molecule has 0 aromatic heterocycles. The summed E-state index contributed by atoms with van der Waals surface area (Å²) in [5, 5.41) is 21.5. The molecule has 0 amide bonds. The van der Waals surface area contributed by atoms with Gasteiger partial charge in [0.1, 0.15) is 24.1 Å². The van der Waals surface area contributed by atoms with E-state index in [9.17, 15) is 15.0 Å². The third-order valence-electron chi connectivity index (χ3n) is 6.64. The van der Waals surface area contributed by atoms with Crippen molar-refractivity contribution in [1.82, 2.24) is 0 Å². The Bertz CT molecular complexity index is 865. The summed E-state index contributed by atoms with van der Waals surface area (Å²) < 4.78 is 40.3. The molecule has 10 atom stereocenters. The predicted molar refractivity (Wildman–Crippen MR) is 126 cm³/mol. The molecule has 2 saturated heterocycles. The van der Waals surface area contributed by atoms with Gasteiger partial charge in [0.25, 0.3) is 0 Å². The highest BCUT2D eigenvalue weighted by Gasteiger charge is 2.43. The molecule has 200 valence electrons. The van der Waals surface area contributed by atoms with E-state index in [-0.39, 0.29) is 18.6 Å². The smallest absolute Gasteiger partial charge is 0.184 e. The molecule has 36 heavy (non-hydrogen) atoms. The Kier molecular flexibility index (Phi) is 9.13. The first-order chi connectivity index (χ1) is 17.2. The molecule has 0 radical (unpaired) electrons. The Morgan fingerprint density at radius 2 is 1.50 bits per heavy atom. The van der Waals surface area contributed by atoms with E-state index in [4.69, 9.17) is 33.2 Å². The van der Waals surface area contributed by atoms with Gasteiger partial charge in [-0.2, -0.15) is 0 Å². The van der Waals surface area contributed by atoms with Crippen LogP contribution >= 0.6 is 0 Å². The van der Waals surface area contributed by atoms with Gasteiger partial charge in [-0.3, -0.25) is 4.79 Å². The van der Waals surface area contributed by atoms with Gasteiger partial charge in [0, 0.05) is 12.8 Å². The molecule has 1 aromatic carbocycles. The van der Waals surface area contributed by atoms with Crippen LogP contribution in [0.4, 0.5) is 0 Å². The van der Waals surface area contributed by atoms with E-state index in [0.717, 1.165) is 11.3 Å². The summed E-state index contributed by atoms with van der Waals surface area (Å²) in [5.74, 6) is 0.636. The van der Waals surface area contributed by atoms with Crippen LogP contribution in [0.15, 0.2) is 36.4 Å². The molecular formula is C26H36O10. The second-order valence-corrected chi connectivity index (χ2v) is 9.42. The van der Waals surface area contributed by atoms with E-state index >= 15 is 0 Å². The van der Waals surface area contributed by atoms with Crippen molar-refractivity contribution in [2.24, 2.45) is 0 Å². The van der Waals surface area contributed by atoms with Crippen LogP contribution in [0.2, 0.25) is 0 Å². The van der Waals surface area contributed by atoms with Gasteiger partial charge >= 0.3 is 0 Å². The summed E-state index contributed by atoms with van der Waals surface area (Å²) in [5.41, 5.74) is 0.963. The number of aliphatic hydroxyl groups excluding tert-OH is 2. The predicted octanol–water partition coefficient (Wildman–Crippen LogP) is 1.84. The minimum absolute atomic E-state index is 0.132. The van der Waals surface area contributed by atoms with Crippen molar-refractivity contribution < 1.29 is 48.2 Å². The van der Waals surface area contributed by atoms with E-state index in [1.165, 1.54) is 12.2 Å². The molecule has 3 aliphatic heterocycles. The summed E-state index contributed by atoms with van der Waals surface area (Å²) in [4.78, 5) is 11.6. The number of rotatable bonds is 8. The molecule has 3 aliphatic rings. The third kappa shape index (κ3) is 6.70. The fourth-order valence-electron chi connectivity index (χ4n) is 4.57. The molecule has 3 heterocycles. The van der Waals surface area contributed by atoms with Gasteiger partial charge in [-0.15, -0.1) is 0 Å². The summed E-state index contributed by atoms with van der Waals surface area (Å²) in [6, 6.07) is 7.54. The highest BCUT2D eigenvalue weighted by Crippen LogP contribution is 2.31. The molecule has 2 fully saturated rings. The number of aliphatic hydroxyl groups is 2. The largest absolute Gasteiger partial charge is 0.497 e. The van der Waals surface area contributed by atoms with Gasteiger partial charge < -0.3 is 43.4 Å². The molecule has 0 saturated carbocycles. The molecule has 1 aromatic rings. The number of carbonyl (C=O) groups excluding carboxylic acids is 1. The standard InChI is InChI=1S/C26H36O10/c1-14-19(27)9-10-22(32-14)35-25-16(3)34-24(12-21(25)29)36-26-15(2)33-23(11-20(26)28)31-13-17-5-7-18(30-4)8-6-17/h5-10,14-16,20-26,28-29H,11-13H2,1-4H3/t14-,15+,16+,20+,21+,22-,23+,24+,25-,26+/m0/s1. The minimum atomic E-state index is -0.888. The monoisotopic (exact) mass is 508 g/mol. The summed E-state index contributed by atoms with van der Waals surface area (Å²) in [7, 11) is 1.61. The Morgan fingerprint density at radius 3 is 2.11 bits per heavy atom. The van der Waals surface area contributed by atoms with Crippen molar-refractivity contribution in [1.29, 1.82) is 0 Å². The van der Waals surface area contributed by atoms with Gasteiger partial charge in [0.05, 0.1) is 38.1 Å². The maximum atomic E-state index is 11.6. The zero-order valence-corrected chi connectivity index (χ0v) is 21.0. The lowest BCUT2D eigenvalue weighted by atomic mass is 10.00. The van der Waals surface area contributed by atoms with E-state index in [1.807, 2.05) is 24.3 Å². The fraction of sp³-hybridized carbons (Fsp3) is 0.654. The molecule has 10 heteroatoms. The molecule has 10 nitrogen and oxygen atoms in total. The molecule has 4 rings (SSSR count). The van der Waals surface area contributed by atoms with Crippen LogP contribution in [0.1, 0.15) is 39.2 Å². The first-order valence-electron chi connectivity index (χ1n) is 12.3.